The molecule has 1 radical (unpaired) electrons. The minimum Gasteiger partial charge on any atom is -0.486 e. The summed E-state index contributed by atoms with van der Waals surface area (Å²) < 4.78 is 79.1. The standard InChI is InChI=1S/C39H33N4O.C12H10N.Ir/c1-22(2)30-19-27(26-12-8-7-9-13-26)20-31(23(3)4)36(30)43-33-15-11-10-14-32(33)42-38(43)29-17-16-24(5)34-35-28(21-40)18-25(6)41-39(35)44-37(29)34;1-10-7-8-12(13-9-10)11-5-3-2-4-6-11;/h7-16,18-20,22-23H,1-6H3;2-5,7-9H,1H3;/q2*-1;/i5D3,6D3;1D3;. The second-order valence-electron chi connectivity index (χ2n) is 14.4. The first-order valence-electron chi connectivity index (χ1n) is 23.1. The molecule has 5 aromatic carbocycles. The second kappa shape index (κ2) is 16.7. The van der Waals surface area contributed by atoms with Crippen LogP contribution in [0.15, 0.2) is 126 Å². The van der Waals surface area contributed by atoms with E-state index in [2.05, 4.69) is 84.7 Å². The summed E-state index contributed by atoms with van der Waals surface area (Å²) in [6.07, 6.45) is 1.39. The van der Waals surface area contributed by atoms with Crippen LogP contribution in [0.4, 0.5) is 0 Å². The van der Waals surface area contributed by atoms with Crippen molar-refractivity contribution in [1.82, 2.24) is 19.5 Å². The number of imidazole rings is 1. The second-order valence-corrected chi connectivity index (χ2v) is 14.4. The zero-order valence-corrected chi connectivity index (χ0v) is 34.6. The number of aromatic nitrogens is 4. The average molecular weight is 943 g/mol. The molecular formula is C51H43IrN5O-2. The van der Waals surface area contributed by atoms with Crippen molar-refractivity contribution in [1.29, 1.82) is 5.26 Å². The van der Waals surface area contributed by atoms with Crippen LogP contribution in [-0.4, -0.2) is 19.5 Å². The Balaban J connectivity index is 0.000000331. The summed E-state index contributed by atoms with van der Waals surface area (Å²) >= 11 is 0. The van der Waals surface area contributed by atoms with Gasteiger partial charge in [0.05, 0.1) is 34.1 Å². The van der Waals surface area contributed by atoms with Gasteiger partial charge < -0.3 is 14.0 Å². The molecule has 9 aromatic rings. The number of rotatable bonds is 6. The molecule has 0 fully saturated rings. The van der Waals surface area contributed by atoms with Gasteiger partial charge in [-0.25, -0.2) is 4.98 Å². The van der Waals surface area contributed by atoms with Gasteiger partial charge in [-0.2, -0.15) is 5.26 Å². The monoisotopic (exact) mass is 943 g/mol. The Bertz CT molecular complexity index is 3250. The van der Waals surface area contributed by atoms with Gasteiger partial charge in [-0.15, -0.1) is 53.6 Å². The Labute approximate surface area is 366 Å². The van der Waals surface area contributed by atoms with Crippen LogP contribution < -0.4 is 0 Å². The third kappa shape index (κ3) is 7.50. The number of fused-ring (bicyclic) bond motifs is 4. The molecule has 0 N–H and O–H groups in total. The van der Waals surface area contributed by atoms with E-state index >= 15 is 0 Å². The van der Waals surface area contributed by atoms with Crippen molar-refractivity contribution in [2.24, 2.45) is 0 Å². The first kappa shape index (κ1) is 30.0. The Hall–Kier alpha value is -6.19. The number of nitriles is 1. The summed E-state index contributed by atoms with van der Waals surface area (Å²) in [5, 5.41) is 10.5. The Kier molecular flexibility index (Phi) is 8.64. The van der Waals surface area contributed by atoms with Gasteiger partial charge >= 0.3 is 0 Å². The number of furan rings is 1. The van der Waals surface area contributed by atoms with Crippen molar-refractivity contribution in [3.63, 3.8) is 0 Å². The molecule has 58 heavy (non-hydrogen) atoms. The zero-order valence-electron chi connectivity index (χ0n) is 41.2. The molecule has 289 valence electrons. The van der Waals surface area contributed by atoms with E-state index in [4.69, 9.17) is 21.7 Å². The van der Waals surface area contributed by atoms with Crippen LogP contribution in [0.3, 0.4) is 0 Å². The summed E-state index contributed by atoms with van der Waals surface area (Å²) in [5.41, 5.74) is 8.60. The number of benzene rings is 5. The molecule has 0 saturated heterocycles. The average Bonchev–Trinajstić information content (AvgIpc) is 3.87. The molecule has 0 amide bonds. The minimum atomic E-state index is -2.62. The summed E-state index contributed by atoms with van der Waals surface area (Å²) in [6, 6.07) is 44.1. The molecule has 7 heteroatoms. The number of para-hydroxylation sites is 2. The predicted molar refractivity (Wildman–Crippen MR) is 231 cm³/mol. The van der Waals surface area contributed by atoms with E-state index in [0.717, 1.165) is 44.7 Å². The van der Waals surface area contributed by atoms with Gasteiger partial charge in [0.25, 0.3) is 0 Å². The Morgan fingerprint density at radius 2 is 1.53 bits per heavy atom. The van der Waals surface area contributed by atoms with E-state index in [1.165, 1.54) is 18.3 Å². The van der Waals surface area contributed by atoms with Crippen LogP contribution in [0.5, 0.6) is 0 Å². The van der Waals surface area contributed by atoms with Crippen molar-refractivity contribution in [2.45, 2.75) is 60.1 Å². The molecule has 0 spiro atoms. The number of aryl methyl sites for hydroxylation is 3. The van der Waals surface area contributed by atoms with E-state index in [-0.39, 0.29) is 76.4 Å². The fourth-order valence-electron chi connectivity index (χ4n) is 7.21. The summed E-state index contributed by atoms with van der Waals surface area (Å²) in [7, 11) is 0. The molecule has 0 aliphatic rings. The van der Waals surface area contributed by atoms with Crippen LogP contribution in [0.1, 0.15) is 85.4 Å². The number of hydrogen-bond donors (Lipinski definition) is 0. The summed E-state index contributed by atoms with van der Waals surface area (Å²) in [6.45, 7) is 1.30. The summed E-state index contributed by atoms with van der Waals surface area (Å²) in [5.74, 6) is 0.668. The maximum atomic E-state index is 10.2. The normalized spacial score (nSPS) is 14.1. The quantitative estimate of drug-likeness (QED) is 0.155. The molecule has 4 heterocycles. The van der Waals surface area contributed by atoms with E-state index in [0.29, 0.717) is 16.9 Å². The van der Waals surface area contributed by atoms with Crippen LogP contribution in [0, 0.1) is 44.0 Å². The van der Waals surface area contributed by atoms with E-state index in [1.54, 1.807) is 18.2 Å². The van der Waals surface area contributed by atoms with Crippen molar-refractivity contribution in [2.75, 3.05) is 0 Å². The number of hydrogen-bond acceptors (Lipinski definition) is 5. The minimum absolute atomic E-state index is 0. The topological polar surface area (TPSA) is 80.5 Å². The van der Waals surface area contributed by atoms with Gasteiger partial charge in [0, 0.05) is 55.4 Å². The Morgan fingerprint density at radius 1 is 0.776 bits per heavy atom. The first-order valence-corrected chi connectivity index (χ1v) is 18.6. The molecule has 4 aromatic heterocycles. The maximum absolute atomic E-state index is 10.2. The number of pyridine rings is 2. The van der Waals surface area contributed by atoms with Gasteiger partial charge in [-0.05, 0) is 94.8 Å². The van der Waals surface area contributed by atoms with E-state index in [9.17, 15) is 5.26 Å². The van der Waals surface area contributed by atoms with Gasteiger partial charge in [-0.3, -0.25) is 4.98 Å². The van der Waals surface area contributed by atoms with Gasteiger partial charge in [0.15, 0.2) is 0 Å². The molecule has 6 nitrogen and oxygen atoms in total. The summed E-state index contributed by atoms with van der Waals surface area (Å²) in [4.78, 5) is 13.5. The number of nitrogens with zero attached hydrogens (tertiary/aromatic N) is 5. The predicted octanol–water partition coefficient (Wildman–Crippen LogP) is 13.0. The van der Waals surface area contributed by atoms with Crippen molar-refractivity contribution < 1.29 is 36.9 Å². The molecular weight excluding hydrogens is 891 g/mol. The van der Waals surface area contributed by atoms with Crippen LogP contribution >= 0.6 is 0 Å². The SMILES string of the molecule is [2H]C([2H])([2H])c1cc(C#N)c2c(n1)oc1c(-c3nc4ccccc4n3-c3c(C(C)C)cc(-c4ccccc4)cc3C(C)C)[c-]cc(C([2H])([2H])[2H])c12.[2H]C([2H])([2H])c1ccc(-c2[c-]cccc2)nc1.[Ir]. The van der Waals surface area contributed by atoms with Gasteiger partial charge in [-0.1, -0.05) is 94.7 Å². The zero-order chi connectivity index (χ0) is 47.3. The molecule has 0 atom stereocenters. The Morgan fingerprint density at radius 3 is 2.19 bits per heavy atom. The molecule has 0 unspecified atom stereocenters. The fourth-order valence-corrected chi connectivity index (χ4v) is 7.21. The first-order chi connectivity index (χ1) is 31.3. The third-order valence-electron chi connectivity index (χ3n) is 9.92. The van der Waals surface area contributed by atoms with Crippen LogP contribution in [0.2, 0.25) is 0 Å². The van der Waals surface area contributed by atoms with Gasteiger partial charge in [0.2, 0.25) is 5.71 Å². The largest absolute Gasteiger partial charge is 0.486 e. The molecule has 0 saturated carbocycles. The molecule has 0 bridgehead atoms. The van der Waals surface area contributed by atoms with Crippen LogP contribution in [-0.2, 0) is 20.1 Å². The van der Waals surface area contributed by atoms with Gasteiger partial charge in [0.1, 0.15) is 0 Å². The smallest absolute Gasteiger partial charge is 0.217 e. The van der Waals surface area contributed by atoms with E-state index in [1.807, 2.05) is 60.7 Å². The van der Waals surface area contributed by atoms with E-state index < -0.39 is 20.6 Å². The van der Waals surface area contributed by atoms with Crippen molar-refractivity contribution >= 4 is 33.1 Å². The fraction of sp³-hybridized carbons (Fsp3) is 0.176. The van der Waals surface area contributed by atoms with Crippen LogP contribution in [0.25, 0.3) is 72.6 Å². The van der Waals surface area contributed by atoms with Crippen molar-refractivity contribution in [3.8, 4) is 45.5 Å². The molecule has 9 rings (SSSR count). The molecule has 0 aliphatic carbocycles. The maximum Gasteiger partial charge on any atom is 0.217 e. The van der Waals surface area contributed by atoms with Crippen molar-refractivity contribution in [3.05, 3.63) is 167 Å². The third-order valence-corrected chi connectivity index (χ3v) is 9.92. The molecule has 0 aliphatic heterocycles.